The predicted molar refractivity (Wildman–Crippen MR) is 117 cm³/mol. The fraction of sp³-hybridized carbons (Fsp3) is 0.125. The first kappa shape index (κ1) is 18.6. The number of hydrogen-bond donors (Lipinski definition) is 2. The maximum atomic E-state index is 12.4. The molecule has 1 heterocycles. The summed E-state index contributed by atoms with van der Waals surface area (Å²) in [6.07, 6.45) is 1.64. The van der Waals surface area contributed by atoms with Gasteiger partial charge in [0.1, 0.15) is 5.82 Å². The Kier molecular flexibility index (Phi) is 5.20. The first-order valence-electron chi connectivity index (χ1n) is 9.59. The highest BCUT2D eigenvalue weighted by Crippen LogP contribution is 2.21. The van der Waals surface area contributed by atoms with E-state index in [0.717, 1.165) is 28.0 Å². The highest BCUT2D eigenvalue weighted by Gasteiger charge is 2.09. The Bertz CT molecular complexity index is 1160. The van der Waals surface area contributed by atoms with Crippen LogP contribution in [0.5, 0.6) is 0 Å². The molecule has 0 spiro atoms. The molecule has 0 atom stereocenters. The van der Waals surface area contributed by atoms with Crippen molar-refractivity contribution in [2.45, 2.75) is 19.8 Å². The molecule has 4 aromatic rings. The van der Waals surface area contributed by atoms with E-state index in [4.69, 9.17) is 0 Å². The lowest BCUT2D eigenvalue weighted by molar-refractivity contribution is 0.0955. The average molecular weight is 382 g/mol. The van der Waals surface area contributed by atoms with Crippen molar-refractivity contribution in [3.05, 3.63) is 89.5 Å². The molecule has 0 unspecified atom stereocenters. The number of hydrogen-bond acceptors (Lipinski definition) is 3. The van der Waals surface area contributed by atoms with Crippen molar-refractivity contribution in [3.8, 4) is 11.4 Å². The van der Waals surface area contributed by atoms with E-state index in [-0.39, 0.29) is 5.91 Å². The maximum Gasteiger partial charge on any atom is 0.271 e. The van der Waals surface area contributed by atoms with Crippen LogP contribution >= 0.6 is 0 Å². The van der Waals surface area contributed by atoms with Gasteiger partial charge in [0.05, 0.1) is 17.2 Å². The van der Waals surface area contributed by atoms with Gasteiger partial charge < -0.3 is 4.98 Å². The molecule has 0 saturated heterocycles. The van der Waals surface area contributed by atoms with Crippen LogP contribution < -0.4 is 5.43 Å². The molecule has 5 heteroatoms. The van der Waals surface area contributed by atoms with Crippen molar-refractivity contribution in [2.75, 3.05) is 0 Å². The van der Waals surface area contributed by atoms with Crippen molar-refractivity contribution in [3.63, 3.8) is 0 Å². The molecule has 3 aromatic carbocycles. The van der Waals surface area contributed by atoms with E-state index in [1.165, 1.54) is 5.56 Å². The molecule has 1 amide bonds. The number of rotatable bonds is 5. The minimum atomic E-state index is -0.266. The van der Waals surface area contributed by atoms with Crippen LogP contribution in [0.25, 0.3) is 22.4 Å². The van der Waals surface area contributed by atoms with Gasteiger partial charge in [-0.2, -0.15) is 5.10 Å². The summed E-state index contributed by atoms with van der Waals surface area (Å²) in [7, 11) is 0. The summed E-state index contributed by atoms with van der Waals surface area (Å²) in [5, 5.41) is 4.07. The van der Waals surface area contributed by atoms with Crippen LogP contribution in [0.1, 0.15) is 41.3 Å². The number of fused-ring (bicyclic) bond motifs is 1. The number of aromatic nitrogens is 2. The van der Waals surface area contributed by atoms with Crippen LogP contribution in [-0.2, 0) is 0 Å². The summed E-state index contributed by atoms with van der Waals surface area (Å²) in [5.74, 6) is 0.999. The third-order valence-electron chi connectivity index (χ3n) is 4.77. The number of hydrazone groups is 1. The molecular formula is C24H22N4O. The Morgan fingerprint density at radius 1 is 1.03 bits per heavy atom. The molecule has 4 rings (SSSR count). The minimum absolute atomic E-state index is 0.266. The van der Waals surface area contributed by atoms with Gasteiger partial charge in [-0.25, -0.2) is 10.4 Å². The molecule has 1 aromatic heterocycles. The lowest BCUT2D eigenvalue weighted by Gasteiger charge is -2.04. The smallest absolute Gasteiger partial charge is 0.271 e. The minimum Gasteiger partial charge on any atom is -0.338 e. The number of imidazole rings is 1. The lowest BCUT2D eigenvalue weighted by Crippen LogP contribution is -2.17. The van der Waals surface area contributed by atoms with Crippen molar-refractivity contribution >= 4 is 23.2 Å². The standard InChI is InChI=1S/C24H22N4O/c1-16(2)18-10-8-17(9-11-18)15-25-28-24(29)20-12-13-21-22(14-20)27-23(26-21)19-6-4-3-5-7-19/h3-16H,1-2H3,(H,26,27)(H,28,29)/b25-15+. The Morgan fingerprint density at radius 2 is 1.79 bits per heavy atom. The van der Waals surface area contributed by atoms with Crippen LogP contribution in [0.4, 0.5) is 0 Å². The number of H-pyrrole nitrogens is 1. The Morgan fingerprint density at radius 3 is 2.52 bits per heavy atom. The first-order valence-corrected chi connectivity index (χ1v) is 9.59. The number of nitrogens with zero attached hydrogens (tertiary/aromatic N) is 2. The molecule has 5 nitrogen and oxygen atoms in total. The van der Waals surface area contributed by atoms with Gasteiger partial charge in [-0.1, -0.05) is 68.4 Å². The van der Waals surface area contributed by atoms with Gasteiger partial charge >= 0.3 is 0 Å². The Balaban J connectivity index is 1.47. The van der Waals surface area contributed by atoms with Gasteiger partial charge in [0, 0.05) is 11.1 Å². The lowest BCUT2D eigenvalue weighted by atomic mass is 10.0. The second-order valence-corrected chi connectivity index (χ2v) is 7.20. The fourth-order valence-electron chi connectivity index (χ4n) is 3.08. The molecule has 0 radical (unpaired) electrons. The van der Waals surface area contributed by atoms with E-state index in [9.17, 15) is 4.79 Å². The SMILES string of the molecule is CC(C)c1ccc(/C=N/NC(=O)c2ccc3nc(-c4ccccc4)[nH]c3c2)cc1. The summed E-state index contributed by atoms with van der Waals surface area (Å²) in [5.41, 5.74) is 7.94. The van der Waals surface area contributed by atoms with Crippen LogP contribution in [-0.4, -0.2) is 22.1 Å². The van der Waals surface area contributed by atoms with E-state index in [1.54, 1.807) is 18.3 Å². The molecule has 0 fully saturated rings. The highest BCUT2D eigenvalue weighted by atomic mass is 16.2. The van der Waals surface area contributed by atoms with Crippen molar-refractivity contribution in [1.82, 2.24) is 15.4 Å². The van der Waals surface area contributed by atoms with E-state index in [2.05, 4.69) is 46.5 Å². The molecule has 0 saturated carbocycles. The van der Waals surface area contributed by atoms with Crippen LogP contribution in [0.15, 0.2) is 77.9 Å². The molecule has 29 heavy (non-hydrogen) atoms. The van der Waals surface area contributed by atoms with Crippen LogP contribution in [0, 0.1) is 0 Å². The van der Waals surface area contributed by atoms with Crippen molar-refractivity contribution in [1.29, 1.82) is 0 Å². The zero-order valence-corrected chi connectivity index (χ0v) is 16.4. The Labute approximate surface area is 169 Å². The van der Waals surface area contributed by atoms with E-state index in [1.807, 2.05) is 48.5 Å². The van der Waals surface area contributed by atoms with Gasteiger partial charge in [0.2, 0.25) is 0 Å². The molecule has 0 aliphatic rings. The third-order valence-corrected chi connectivity index (χ3v) is 4.77. The molecule has 0 bridgehead atoms. The fourth-order valence-corrected chi connectivity index (χ4v) is 3.08. The summed E-state index contributed by atoms with van der Waals surface area (Å²) in [4.78, 5) is 20.3. The highest BCUT2D eigenvalue weighted by molar-refractivity contribution is 5.98. The molecule has 144 valence electrons. The normalized spacial score (nSPS) is 11.4. The van der Waals surface area contributed by atoms with E-state index >= 15 is 0 Å². The van der Waals surface area contributed by atoms with E-state index < -0.39 is 0 Å². The Hall–Kier alpha value is -3.73. The molecule has 0 aliphatic heterocycles. The van der Waals surface area contributed by atoms with Gasteiger partial charge in [0.15, 0.2) is 0 Å². The number of carbonyl (C=O) groups is 1. The van der Waals surface area contributed by atoms with Gasteiger partial charge in [0.25, 0.3) is 5.91 Å². The quantitative estimate of drug-likeness (QED) is 0.372. The number of amides is 1. The predicted octanol–water partition coefficient (Wildman–Crippen LogP) is 5.12. The second kappa shape index (κ2) is 8.10. The topological polar surface area (TPSA) is 70.1 Å². The number of benzene rings is 3. The average Bonchev–Trinajstić information content (AvgIpc) is 3.18. The van der Waals surface area contributed by atoms with Crippen LogP contribution in [0.2, 0.25) is 0 Å². The summed E-state index contributed by atoms with van der Waals surface area (Å²) >= 11 is 0. The van der Waals surface area contributed by atoms with E-state index in [0.29, 0.717) is 11.5 Å². The van der Waals surface area contributed by atoms with Crippen molar-refractivity contribution in [2.24, 2.45) is 5.10 Å². The van der Waals surface area contributed by atoms with Crippen LogP contribution in [0.3, 0.4) is 0 Å². The number of nitrogens with one attached hydrogen (secondary N) is 2. The number of carbonyl (C=O) groups excluding carboxylic acids is 1. The summed E-state index contributed by atoms with van der Waals surface area (Å²) < 4.78 is 0. The molecule has 0 aliphatic carbocycles. The van der Waals surface area contributed by atoms with Gasteiger partial charge in [-0.15, -0.1) is 0 Å². The monoisotopic (exact) mass is 382 g/mol. The first-order chi connectivity index (χ1) is 14.1. The van der Waals surface area contributed by atoms with Crippen molar-refractivity contribution < 1.29 is 4.79 Å². The maximum absolute atomic E-state index is 12.4. The molecular weight excluding hydrogens is 360 g/mol. The largest absolute Gasteiger partial charge is 0.338 e. The zero-order chi connectivity index (χ0) is 20.2. The summed E-state index contributed by atoms with van der Waals surface area (Å²) in [6.45, 7) is 4.31. The molecule has 2 N–H and O–H groups in total. The third kappa shape index (κ3) is 4.24. The summed E-state index contributed by atoms with van der Waals surface area (Å²) in [6, 6.07) is 23.4. The van der Waals surface area contributed by atoms with Gasteiger partial charge in [-0.3, -0.25) is 4.79 Å². The zero-order valence-electron chi connectivity index (χ0n) is 16.4. The van der Waals surface area contributed by atoms with Gasteiger partial charge in [-0.05, 0) is 35.2 Å². The second-order valence-electron chi connectivity index (χ2n) is 7.20. The number of aromatic amines is 1.